The lowest BCUT2D eigenvalue weighted by Crippen LogP contribution is -2.28. The fourth-order valence-corrected chi connectivity index (χ4v) is 2.87. The number of aryl methyl sites for hydroxylation is 1. The molecule has 0 radical (unpaired) electrons. The van der Waals surface area contributed by atoms with E-state index in [0.717, 1.165) is 22.2 Å². The minimum atomic E-state index is -0.151. The van der Waals surface area contributed by atoms with E-state index in [9.17, 15) is 4.79 Å². The zero-order valence-electron chi connectivity index (χ0n) is 15.2. The summed E-state index contributed by atoms with van der Waals surface area (Å²) in [7, 11) is 1.90. The highest BCUT2D eigenvalue weighted by Crippen LogP contribution is 2.18. The van der Waals surface area contributed by atoms with E-state index in [1.807, 2.05) is 36.9 Å². The van der Waals surface area contributed by atoms with Gasteiger partial charge in [0.15, 0.2) is 0 Å². The molecule has 1 unspecified atom stereocenters. The topological polar surface area (TPSA) is 59.8 Å². The first-order valence-corrected chi connectivity index (χ1v) is 8.60. The lowest BCUT2D eigenvalue weighted by Gasteiger charge is -2.14. The molecule has 0 saturated heterocycles. The Morgan fingerprint density at radius 2 is 1.88 bits per heavy atom. The summed E-state index contributed by atoms with van der Waals surface area (Å²) in [6, 6.07) is 10.1. The van der Waals surface area contributed by atoms with Crippen LogP contribution in [0.4, 0.5) is 0 Å². The van der Waals surface area contributed by atoms with Gasteiger partial charge in [0.2, 0.25) is 5.91 Å². The van der Waals surface area contributed by atoms with Crippen LogP contribution in [-0.4, -0.2) is 20.7 Å². The molecule has 3 rings (SSSR count). The minimum absolute atomic E-state index is 0.00306. The van der Waals surface area contributed by atoms with Crippen LogP contribution in [0.15, 0.2) is 42.7 Å². The van der Waals surface area contributed by atoms with Crippen LogP contribution in [-0.2, 0) is 18.3 Å². The van der Waals surface area contributed by atoms with Gasteiger partial charge in [-0.1, -0.05) is 38.1 Å². The lowest BCUT2D eigenvalue weighted by atomic mass is 10.0. The van der Waals surface area contributed by atoms with Crippen molar-refractivity contribution in [2.75, 3.05) is 0 Å². The zero-order chi connectivity index (χ0) is 18.0. The van der Waals surface area contributed by atoms with Gasteiger partial charge in [0.25, 0.3) is 0 Å². The lowest BCUT2D eigenvalue weighted by molar-refractivity contribution is -0.121. The van der Waals surface area contributed by atoms with Gasteiger partial charge in [0, 0.05) is 18.6 Å². The van der Waals surface area contributed by atoms with Gasteiger partial charge in [-0.15, -0.1) is 0 Å². The molecule has 5 nitrogen and oxygen atoms in total. The van der Waals surface area contributed by atoms with E-state index < -0.39 is 0 Å². The number of amides is 1. The van der Waals surface area contributed by atoms with Crippen LogP contribution in [0.5, 0.6) is 0 Å². The van der Waals surface area contributed by atoms with Crippen molar-refractivity contribution >= 4 is 16.8 Å². The van der Waals surface area contributed by atoms with Crippen molar-refractivity contribution in [3.63, 3.8) is 0 Å². The SMILES string of the molecule is CC(C)c1ccc(CC(=O)NC(C)c2cc3c(cn2)cnn3C)cc1. The number of benzene rings is 1. The Morgan fingerprint density at radius 3 is 2.56 bits per heavy atom. The van der Waals surface area contributed by atoms with Crippen molar-refractivity contribution in [2.45, 2.75) is 39.2 Å². The number of pyridine rings is 1. The van der Waals surface area contributed by atoms with Gasteiger partial charge < -0.3 is 5.32 Å². The molecule has 130 valence electrons. The van der Waals surface area contributed by atoms with E-state index in [0.29, 0.717) is 12.3 Å². The third-order valence-electron chi connectivity index (χ3n) is 4.48. The van der Waals surface area contributed by atoms with Crippen molar-refractivity contribution in [1.82, 2.24) is 20.1 Å². The Kier molecular flexibility index (Phi) is 4.83. The molecule has 0 bridgehead atoms. The number of hydrogen-bond acceptors (Lipinski definition) is 3. The highest BCUT2D eigenvalue weighted by molar-refractivity contribution is 5.80. The molecule has 5 heteroatoms. The average molecular weight is 336 g/mol. The van der Waals surface area contributed by atoms with Gasteiger partial charge in [-0.2, -0.15) is 5.10 Å². The Balaban J connectivity index is 1.65. The number of fused-ring (bicyclic) bond motifs is 1. The smallest absolute Gasteiger partial charge is 0.224 e. The molecule has 2 heterocycles. The van der Waals surface area contributed by atoms with Crippen LogP contribution in [0, 0.1) is 0 Å². The number of carbonyl (C=O) groups is 1. The molecule has 1 atom stereocenters. The maximum absolute atomic E-state index is 12.3. The van der Waals surface area contributed by atoms with Crippen LogP contribution >= 0.6 is 0 Å². The molecule has 0 aliphatic heterocycles. The van der Waals surface area contributed by atoms with Crippen molar-refractivity contribution < 1.29 is 4.79 Å². The number of nitrogens with one attached hydrogen (secondary N) is 1. The summed E-state index contributed by atoms with van der Waals surface area (Å²) in [6.07, 6.45) is 3.96. The third kappa shape index (κ3) is 3.87. The van der Waals surface area contributed by atoms with Crippen LogP contribution in [0.1, 0.15) is 49.6 Å². The average Bonchev–Trinajstić information content (AvgIpc) is 2.96. The Hall–Kier alpha value is -2.69. The summed E-state index contributed by atoms with van der Waals surface area (Å²) >= 11 is 0. The third-order valence-corrected chi connectivity index (χ3v) is 4.48. The highest BCUT2D eigenvalue weighted by Gasteiger charge is 2.13. The molecule has 0 saturated carbocycles. The standard InChI is InChI=1S/C20H24N4O/c1-13(2)16-7-5-15(6-8-16)9-20(25)23-14(3)18-10-19-17(11-21-18)12-22-24(19)4/h5-8,10-14H,9H2,1-4H3,(H,23,25). The van der Waals surface area contributed by atoms with E-state index in [2.05, 4.69) is 41.4 Å². The number of rotatable bonds is 5. The van der Waals surface area contributed by atoms with E-state index in [4.69, 9.17) is 0 Å². The van der Waals surface area contributed by atoms with E-state index in [-0.39, 0.29) is 11.9 Å². The molecule has 0 aliphatic rings. The second-order valence-corrected chi connectivity index (χ2v) is 6.80. The van der Waals surface area contributed by atoms with E-state index >= 15 is 0 Å². The predicted octanol–water partition coefficient (Wildman–Crippen LogP) is 3.51. The van der Waals surface area contributed by atoms with Gasteiger partial charge in [0.05, 0.1) is 29.9 Å². The molecule has 1 N–H and O–H groups in total. The number of hydrogen-bond donors (Lipinski definition) is 1. The normalized spacial score (nSPS) is 12.5. The molecular weight excluding hydrogens is 312 g/mol. The van der Waals surface area contributed by atoms with Gasteiger partial charge in [-0.05, 0) is 30.0 Å². The second kappa shape index (κ2) is 7.05. The van der Waals surface area contributed by atoms with Crippen LogP contribution < -0.4 is 5.32 Å². The van der Waals surface area contributed by atoms with E-state index in [1.165, 1.54) is 5.56 Å². The maximum Gasteiger partial charge on any atom is 0.224 e. The largest absolute Gasteiger partial charge is 0.348 e. The molecule has 1 aromatic carbocycles. The first-order chi connectivity index (χ1) is 11.9. The summed E-state index contributed by atoms with van der Waals surface area (Å²) in [5.41, 5.74) is 4.14. The van der Waals surface area contributed by atoms with Gasteiger partial charge in [0.1, 0.15) is 0 Å². The number of nitrogens with zero attached hydrogens (tertiary/aromatic N) is 3. The maximum atomic E-state index is 12.3. The molecule has 1 amide bonds. The van der Waals surface area contributed by atoms with Crippen LogP contribution in [0.2, 0.25) is 0 Å². The Labute approximate surface area is 148 Å². The minimum Gasteiger partial charge on any atom is -0.348 e. The molecule has 3 aromatic rings. The van der Waals surface area contributed by atoms with Crippen molar-refractivity contribution in [3.05, 3.63) is 59.5 Å². The van der Waals surface area contributed by atoms with Crippen molar-refractivity contribution in [3.8, 4) is 0 Å². The first kappa shape index (κ1) is 17.1. The van der Waals surface area contributed by atoms with Crippen LogP contribution in [0.3, 0.4) is 0 Å². The van der Waals surface area contributed by atoms with Gasteiger partial charge in [-0.25, -0.2) is 0 Å². The second-order valence-electron chi connectivity index (χ2n) is 6.80. The van der Waals surface area contributed by atoms with E-state index in [1.54, 1.807) is 12.4 Å². The van der Waals surface area contributed by atoms with Crippen LogP contribution in [0.25, 0.3) is 10.9 Å². The summed E-state index contributed by atoms with van der Waals surface area (Å²) in [6.45, 7) is 6.27. The highest BCUT2D eigenvalue weighted by atomic mass is 16.1. The first-order valence-electron chi connectivity index (χ1n) is 8.60. The van der Waals surface area contributed by atoms with Gasteiger partial charge in [-0.3, -0.25) is 14.5 Å². The van der Waals surface area contributed by atoms with Gasteiger partial charge >= 0.3 is 0 Å². The summed E-state index contributed by atoms with van der Waals surface area (Å²) in [5, 5.41) is 8.24. The molecule has 2 aromatic heterocycles. The monoisotopic (exact) mass is 336 g/mol. The molecular formula is C20H24N4O. The predicted molar refractivity (Wildman–Crippen MR) is 99.3 cm³/mol. The summed E-state index contributed by atoms with van der Waals surface area (Å²) in [4.78, 5) is 16.8. The number of carbonyl (C=O) groups excluding carboxylic acids is 1. The Bertz CT molecular complexity index is 880. The quantitative estimate of drug-likeness (QED) is 0.775. The molecule has 25 heavy (non-hydrogen) atoms. The van der Waals surface area contributed by atoms with Crippen molar-refractivity contribution in [1.29, 1.82) is 0 Å². The van der Waals surface area contributed by atoms with Crippen molar-refractivity contribution in [2.24, 2.45) is 7.05 Å². The Morgan fingerprint density at radius 1 is 1.16 bits per heavy atom. The molecule has 0 spiro atoms. The zero-order valence-corrected chi connectivity index (χ0v) is 15.2. The fourth-order valence-electron chi connectivity index (χ4n) is 2.87. The summed E-state index contributed by atoms with van der Waals surface area (Å²) < 4.78 is 1.81. The summed E-state index contributed by atoms with van der Waals surface area (Å²) in [5.74, 6) is 0.493. The number of aromatic nitrogens is 3. The molecule has 0 fully saturated rings. The fraction of sp³-hybridized carbons (Fsp3) is 0.350. The molecule has 0 aliphatic carbocycles.